The molecule has 2 aromatic rings. The zero-order valence-corrected chi connectivity index (χ0v) is 13.4. The Bertz CT molecular complexity index is 654. The van der Waals surface area contributed by atoms with E-state index < -0.39 is 18.3 Å². The summed E-state index contributed by atoms with van der Waals surface area (Å²) in [7, 11) is 1.14. The highest BCUT2D eigenvalue weighted by molar-refractivity contribution is 6.63. The summed E-state index contributed by atoms with van der Waals surface area (Å²) >= 11 is 0. The van der Waals surface area contributed by atoms with Gasteiger partial charge in [0.05, 0.1) is 18.3 Å². The number of aromatic nitrogens is 2. The SMILES string of the molecule is COc1cc(-c2nnco2)ccc1B1OC(C)(C)C(C)(C)O1. The Morgan fingerprint density at radius 2 is 1.77 bits per heavy atom. The van der Waals surface area contributed by atoms with Crippen molar-refractivity contribution in [3.63, 3.8) is 0 Å². The second kappa shape index (κ2) is 5.10. The number of hydrogen-bond donors (Lipinski definition) is 0. The van der Waals surface area contributed by atoms with Crippen molar-refractivity contribution in [1.82, 2.24) is 10.2 Å². The summed E-state index contributed by atoms with van der Waals surface area (Å²) in [5.41, 5.74) is 0.834. The highest BCUT2D eigenvalue weighted by Gasteiger charge is 2.52. The topological polar surface area (TPSA) is 66.6 Å². The smallest absolute Gasteiger partial charge is 0.497 e. The molecule has 1 aliphatic heterocycles. The molecule has 2 heterocycles. The minimum Gasteiger partial charge on any atom is -0.497 e. The molecule has 7 heteroatoms. The molecule has 0 bridgehead atoms. The molecule has 116 valence electrons. The molecule has 0 N–H and O–H groups in total. The maximum absolute atomic E-state index is 6.07. The minimum atomic E-state index is -0.475. The zero-order chi connectivity index (χ0) is 16.0. The first-order chi connectivity index (χ1) is 10.3. The van der Waals surface area contributed by atoms with Crippen molar-refractivity contribution in [3.8, 4) is 17.2 Å². The fourth-order valence-electron chi connectivity index (χ4n) is 2.31. The maximum atomic E-state index is 6.07. The lowest BCUT2D eigenvalue weighted by Crippen LogP contribution is -2.41. The van der Waals surface area contributed by atoms with Crippen LogP contribution in [0.2, 0.25) is 0 Å². The molecule has 1 aliphatic rings. The van der Waals surface area contributed by atoms with Crippen LogP contribution in [0.4, 0.5) is 0 Å². The van der Waals surface area contributed by atoms with Gasteiger partial charge in [0.2, 0.25) is 12.3 Å². The van der Waals surface area contributed by atoms with Crippen LogP contribution in [0.1, 0.15) is 27.7 Å². The van der Waals surface area contributed by atoms with Crippen molar-refractivity contribution < 1.29 is 18.5 Å². The Kier molecular flexibility index (Phi) is 3.49. The van der Waals surface area contributed by atoms with E-state index in [0.717, 1.165) is 11.0 Å². The van der Waals surface area contributed by atoms with Crippen LogP contribution in [0.15, 0.2) is 29.0 Å². The summed E-state index contributed by atoms with van der Waals surface area (Å²) in [4.78, 5) is 0. The van der Waals surface area contributed by atoms with Gasteiger partial charge in [0.25, 0.3) is 0 Å². The molecule has 1 fully saturated rings. The lowest BCUT2D eigenvalue weighted by Gasteiger charge is -2.32. The summed E-state index contributed by atoms with van der Waals surface area (Å²) < 4.78 is 22.8. The fraction of sp³-hybridized carbons (Fsp3) is 0.467. The minimum absolute atomic E-state index is 0.395. The van der Waals surface area contributed by atoms with E-state index in [4.69, 9.17) is 18.5 Å². The second-order valence-electron chi connectivity index (χ2n) is 6.29. The molecule has 3 rings (SSSR count). The van der Waals surface area contributed by atoms with E-state index in [1.165, 1.54) is 6.39 Å². The molecule has 0 atom stereocenters. The van der Waals surface area contributed by atoms with E-state index in [1.54, 1.807) is 7.11 Å². The highest BCUT2D eigenvalue weighted by Crippen LogP contribution is 2.37. The van der Waals surface area contributed by atoms with E-state index >= 15 is 0 Å². The van der Waals surface area contributed by atoms with Gasteiger partial charge in [-0.2, -0.15) is 0 Å². The van der Waals surface area contributed by atoms with Crippen LogP contribution in [0.3, 0.4) is 0 Å². The van der Waals surface area contributed by atoms with Crippen LogP contribution in [0, 0.1) is 0 Å². The quantitative estimate of drug-likeness (QED) is 0.808. The molecule has 1 saturated heterocycles. The van der Waals surface area contributed by atoms with E-state index in [0.29, 0.717) is 11.6 Å². The van der Waals surface area contributed by atoms with Crippen LogP contribution in [0.5, 0.6) is 5.75 Å². The number of benzene rings is 1. The van der Waals surface area contributed by atoms with Crippen LogP contribution in [0.25, 0.3) is 11.5 Å². The van der Waals surface area contributed by atoms with Crippen LogP contribution in [-0.2, 0) is 9.31 Å². The number of hydrogen-bond acceptors (Lipinski definition) is 6. The van der Waals surface area contributed by atoms with Crippen LogP contribution >= 0.6 is 0 Å². The molecule has 0 saturated carbocycles. The molecular formula is C15H19BN2O4. The van der Waals surface area contributed by atoms with E-state index in [2.05, 4.69) is 10.2 Å². The van der Waals surface area contributed by atoms with E-state index in [-0.39, 0.29) is 0 Å². The number of methoxy groups -OCH3 is 1. The molecule has 0 unspecified atom stereocenters. The maximum Gasteiger partial charge on any atom is 0.498 e. The van der Waals surface area contributed by atoms with Gasteiger partial charge in [-0.25, -0.2) is 0 Å². The third kappa shape index (κ3) is 2.40. The number of nitrogens with zero attached hydrogens (tertiary/aromatic N) is 2. The molecule has 0 spiro atoms. The molecule has 6 nitrogen and oxygen atoms in total. The normalized spacial score (nSPS) is 19.4. The Balaban J connectivity index is 1.95. The van der Waals surface area contributed by atoms with Crippen molar-refractivity contribution in [2.45, 2.75) is 38.9 Å². The number of rotatable bonds is 3. The third-order valence-corrected chi connectivity index (χ3v) is 4.35. The van der Waals surface area contributed by atoms with Crippen LogP contribution < -0.4 is 10.2 Å². The molecule has 1 aromatic heterocycles. The zero-order valence-electron chi connectivity index (χ0n) is 13.4. The molecule has 0 amide bonds. The molecular weight excluding hydrogens is 283 g/mol. The standard InChI is InChI=1S/C15H19BN2O4/c1-14(2)15(3,4)22-16(21-14)11-7-6-10(8-12(11)19-5)13-18-17-9-20-13/h6-9H,1-5H3. The first-order valence-corrected chi connectivity index (χ1v) is 7.14. The lowest BCUT2D eigenvalue weighted by atomic mass is 9.78. The predicted molar refractivity (Wildman–Crippen MR) is 82.0 cm³/mol. The van der Waals surface area contributed by atoms with Gasteiger partial charge < -0.3 is 18.5 Å². The monoisotopic (exact) mass is 302 g/mol. The Morgan fingerprint density at radius 1 is 1.09 bits per heavy atom. The van der Waals surface area contributed by atoms with Gasteiger partial charge in [-0.1, -0.05) is 6.07 Å². The Labute approximate surface area is 129 Å². The Morgan fingerprint density at radius 3 is 2.32 bits per heavy atom. The fourth-order valence-corrected chi connectivity index (χ4v) is 2.31. The first kappa shape index (κ1) is 15.1. The van der Waals surface area contributed by atoms with Crippen molar-refractivity contribution in [2.24, 2.45) is 0 Å². The average molecular weight is 302 g/mol. The predicted octanol–water partition coefficient (Wildman–Crippen LogP) is 2.04. The highest BCUT2D eigenvalue weighted by atomic mass is 16.7. The van der Waals surface area contributed by atoms with Gasteiger partial charge in [-0.15, -0.1) is 10.2 Å². The summed E-state index contributed by atoms with van der Waals surface area (Å²) in [6.45, 7) is 8.08. The Hall–Kier alpha value is -1.86. The van der Waals surface area contributed by atoms with Crippen molar-refractivity contribution >= 4 is 12.6 Å². The summed E-state index contributed by atoms with van der Waals surface area (Å²) in [6.07, 6.45) is 1.30. The van der Waals surface area contributed by atoms with Crippen molar-refractivity contribution in [1.29, 1.82) is 0 Å². The molecule has 0 aliphatic carbocycles. The van der Waals surface area contributed by atoms with Crippen molar-refractivity contribution in [3.05, 3.63) is 24.6 Å². The number of ether oxygens (including phenoxy) is 1. The van der Waals surface area contributed by atoms with E-state index in [9.17, 15) is 0 Å². The van der Waals surface area contributed by atoms with E-state index in [1.807, 2.05) is 45.9 Å². The molecule has 1 aromatic carbocycles. The van der Waals surface area contributed by atoms with Crippen LogP contribution in [-0.4, -0.2) is 35.6 Å². The van der Waals surface area contributed by atoms with Gasteiger partial charge in [0.15, 0.2) is 0 Å². The summed E-state index contributed by atoms with van der Waals surface area (Å²) in [5, 5.41) is 7.59. The van der Waals surface area contributed by atoms with Gasteiger partial charge in [-0.3, -0.25) is 0 Å². The molecule has 22 heavy (non-hydrogen) atoms. The second-order valence-corrected chi connectivity index (χ2v) is 6.29. The van der Waals surface area contributed by atoms with Gasteiger partial charge >= 0.3 is 7.12 Å². The van der Waals surface area contributed by atoms with Gasteiger partial charge in [-0.05, 0) is 39.8 Å². The largest absolute Gasteiger partial charge is 0.498 e. The average Bonchev–Trinajstić information content (AvgIpc) is 3.05. The first-order valence-electron chi connectivity index (χ1n) is 7.14. The summed E-state index contributed by atoms with van der Waals surface area (Å²) in [6, 6.07) is 5.63. The summed E-state index contributed by atoms with van der Waals surface area (Å²) in [5.74, 6) is 1.10. The molecule has 0 radical (unpaired) electrons. The van der Waals surface area contributed by atoms with Crippen molar-refractivity contribution in [2.75, 3.05) is 7.11 Å². The van der Waals surface area contributed by atoms with Gasteiger partial charge in [0, 0.05) is 11.0 Å². The third-order valence-electron chi connectivity index (χ3n) is 4.35. The van der Waals surface area contributed by atoms with Gasteiger partial charge in [0.1, 0.15) is 5.75 Å². The lowest BCUT2D eigenvalue weighted by molar-refractivity contribution is 0.00578.